The molecule has 1 fully saturated rings. The highest BCUT2D eigenvalue weighted by Crippen LogP contribution is 2.25. The number of rotatable bonds is 5. The van der Waals surface area contributed by atoms with Crippen molar-refractivity contribution in [2.24, 2.45) is 0 Å². The van der Waals surface area contributed by atoms with E-state index in [1.807, 2.05) is 0 Å². The maximum absolute atomic E-state index is 13.0. The van der Waals surface area contributed by atoms with Crippen molar-refractivity contribution >= 4 is 52.4 Å². The van der Waals surface area contributed by atoms with Crippen LogP contribution in [0.4, 0.5) is 21.9 Å². The topological polar surface area (TPSA) is 108 Å². The minimum atomic E-state index is -0.743. The standard InChI is InChI=1S/C23H21ClN4O5/c1-33-18-12-19(27(13-18)23(32)26-16-4-2-14(24)3-5-16)22(31)25-15-6-8-17(9-7-15)28-20(29)10-11-21(28)30/h2-11,18-19H,12-13H2,1H3,(H,25,31)(H,26,32)/t18-,19-/m1/s1. The number of imide groups is 1. The van der Waals surface area contributed by atoms with Crippen LogP contribution < -0.4 is 15.5 Å². The van der Waals surface area contributed by atoms with E-state index in [1.54, 1.807) is 48.5 Å². The Morgan fingerprint density at radius 2 is 1.52 bits per heavy atom. The van der Waals surface area contributed by atoms with E-state index in [0.29, 0.717) is 28.5 Å². The summed E-state index contributed by atoms with van der Waals surface area (Å²) >= 11 is 5.88. The number of anilines is 3. The van der Waals surface area contributed by atoms with Crippen LogP contribution in [0.5, 0.6) is 0 Å². The van der Waals surface area contributed by atoms with Gasteiger partial charge in [0.2, 0.25) is 5.91 Å². The number of ether oxygens (including phenoxy) is 1. The Hall–Kier alpha value is -3.69. The third-order valence-corrected chi connectivity index (χ3v) is 5.71. The number of likely N-dealkylation sites (tertiary alicyclic amines) is 1. The molecule has 9 nitrogen and oxygen atoms in total. The van der Waals surface area contributed by atoms with Crippen LogP contribution in [0.3, 0.4) is 0 Å². The van der Waals surface area contributed by atoms with Gasteiger partial charge < -0.3 is 20.3 Å². The first-order valence-corrected chi connectivity index (χ1v) is 10.6. The van der Waals surface area contributed by atoms with Gasteiger partial charge in [0.1, 0.15) is 6.04 Å². The molecule has 170 valence electrons. The third-order valence-electron chi connectivity index (χ3n) is 5.46. The number of carbonyl (C=O) groups excluding carboxylic acids is 4. The van der Waals surface area contributed by atoms with Gasteiger partial charge in [-0.1, -0.05) is 11.6 Å². The van der Waals surface area contributed by atoms with Crippen LogP contribution in [0.2, 0.25) is 5.02 Å². The van der Waals surface area contributed by atoms with Crippen molar-refractivity contribution in [3.63, 3.8) is 0 Å². The summed E-state index contributed by atoms with van der Waals surface area (Å²) in [5.41, 5.74) is 1.42. The second-order valence-corrected chi connectivity index (χ2v) is 8.02. The van der Waals surface area contributed by atoms with E-state index in [4.69, 9.17) is 16.3 Å². The van der Waals surface area contributed by atoms with Crippen molar-refractivity contribution in [3.05, 3.63) is 65.7 Å². The fourth-order valence-corrected chi connectivity index (χ4v) is 3.87. The van der Waals surface area contributed by atoms with E-state index in [0.717, 1.165) is 4.90 Å². The first kappa shape index (κ1) is 22.5. The maximum atomic E-state index is 13.0. The minimum Gasteiger partial charge on any atom is -0.380 e. The monoisotopic (exact) mass is 468 g/mol. The molecule has 2 N–H and O–H groups in total. The molecular formula is C23H21ClN4O5. The van der Waals surface area contributed by atoms with Gasteiger partial charge in [0.15, 0.2) is 0 Å². The molecule has 0 aliphatic carbocycles. The SMILES string of the molecule is CO[C@@H]1C[C@H](C(=O)Nc2ccc(N3C(=O)C=CC3=O)cc2)N(C(=O)Nc2ccc(Cl)cc2)C1. The normalized spacial score (nSPS) is 19.8. The lowest BCUT2D eigenvalue weighted by molar-refractivity contribution is -0.120. The largest absolute Gasteiger partial charge is 0.380 e. The van der Waals surface area contributed by atoms with Crippen LogP contribution in [0.15, 0.2) is 60.7 Å². The van der Waals surface area contributed by atoms with Gasteiger partial charge in [-0.3, -0.25) is 14.4 Å². The van der Waals surface area contributed by atoms with E-state index in [1.165, 1.54) is 24.2 Å². The van der Waals surface area contributed by atoms with E-state index in [-0.39, 0.29) is 18.6 Å². The van der Waals surface area contributed by atoms with Gasteiger partial charge in [-0.15, -0.1) is 0 Å². The number of halogens is 1. The highest BCUT2D eigenvalue weighted by molar-refractivity contribution is 6.30. The molecule has 0 spiro atoms. The molecule has 2 heterocycles. The fourth-order valence-electron chi connectivity index (χ4n) is 3.74. The molecule has 0 unspecified atom stereocenters. The summed E-state index contributed by atoms with van der Waals surface area (Å²) in [6.07, 6.45) is 2.47. The lowest BCUT2D eigenvalue weighted by atomic mass is 10.1. The average Bonchev–Trinajstić information content (AvgIpc) is 3.39. The number of benzene rings is 2. The summed E-state index contributed by atoms with van der Waals surface area (Å²) in [5, 5.41) is 6.10. The third kappa shape index (κ3) is 4.89. The molecule has 0 saturated carbocycles. The van der Waals surface area contributed by atoms with Gasteiger partial charge in [0.05, 0.1) is 11.8 Å². The van der Waals surface area contributed by atoms with Crippen LogP contribution in [0.25, 0.3) is 0 Å². The molecule has 1 saturated heterocycles. The summed E-state index contributed by atoms with van der Waals surface area (Å²) in [7, 11) is 1.54. The Kier molecular flexibility index (Phi) is 6.43. The number of amides is 5. The molecule has 33 heavy (non-hydrogen) atoms. The van der Waals surface area contributed by atoms with Gasteiger partial charge in [0.25, 0.3) is 11.8 Å². The van der Waals surface area contributed by atoms with E-state index in [2.05, 4.69) is 10.6 Å². The highest BCUT2D eigenvalue weighted by Gasteiger charge is 2.40. The molecule has 5 amide bonds. The Morgan fingerprint density at radius 3 is 2.12 bits per heavy atom. The number of hydrogen-bond acceptors (Lipinski definition) is 5. The first-order valence-electron chi connectivity index (χ1n) is 10.2. The van der Waals surface area contributed by atoms with Gasteiger partial charge in [-0.2, -0.15) is 0 Å². The molecule has 2 aliphatic heterocycles. The van der Waals surface area contributed by atoms with Crippen molar-refractivity contribution in [2.45, 2.75) is 18.6 Å². The van der Waals surface area contributed by atoms with Crippen molar-refractivity contribution in [2.75, 3.05) is 29.2 Å². The lowest BCUT2D eigenvalue weighted by Gasteiger charge is -2.24. The van der Waals surface area contributed by atoms with Crippen molar-refractivity contribution in [1.82, 2.24) is 4.90 Å². The zero-order valence-electron chi connectivity index (χ0n) is 17.7. The van der Waals surface area contributed by atoms with E-state index < -0.39 is 23.9 Å². The molecule has 0 radical (unpaired) electrons. The van der Waals surface area contributed by atoms with Crippen LogP contribution in [0.1, 0.15) is 6.42 Å². The van der Waals surface area contributed by atoms with Crippen molar-refractivity contribution in [1.29, 1.82) is 0 Å². The first-order chi connectivity index (χ1) is 15.9. The predicted octanol–water partition coefficient (Wildman–Crippen LogP) is 3.03. The van der Waals surface area contributed by atoms with Crippen LogP contribution in [-0.4, -0.2) is 54.5 Å². The maximum Gasteiger partial charge on any atom is 0.322 e. The molecule has 0 aromatic heterocycles. The van der Waals surface area contributed by atoms with Crippen molar-refractivity contribution < 1.29 is 23.9 Å². The number of nitrogens with zero attached hydrogens (tertiary/aromatic N) is 2. The molecule has 2 aromatic carbocycles. The van der Waals surface area contributed by atoms with Gasteiger partial charge in [0, 0.05) is 48.6 Å². The minimum absolute atomic E-state index is 0.263. The van der Waals surface area contributed by atoms with Crippen LogP contribution in [0, 0.1) is 0 Å². The fraction of sp³-hybridized carbons (Fsp3) is 0.217. The van der Waals surface area contributed by atoms with Gasteiger partial charge >= 0.3 is 6.03 Å². The number of methoxy groups -OCH3 is 1. The van der Waals surface area contributed by atoms with Gasteiger partial charge in [-0.05, 0) is 48.5 Å². The van der Waals surface area contributed by atoms with E-state index >= 15 is 0 Å². The van der Waals surface area contributed by atoms with Crippen LogP contribution >= 0.6 is 11.6 Å². The second kappa shape index (κ2) is 9.43. The average molecular weight is 469 g/mol. The number of hydrogen-bond donors (Lipinski definition) is 2. The Labute approximate surface area is 194 Å². The molecule has 4 rings (SSSR count). The van der Waals surface area contributed by atoms with Crippen LogP contribution in [-0.2, 0) is 19.1 Å². The number of nitrogens with one attached hydrogen (secondary N) is 2. The zero-order valence-corrected chi connectivity index (χ0v) is 18.4. The molecule has 2 aromatic rings. The van der Waals surface area contributed by atoms with Gasteiger partial charge in [-0.25, -0.2) is 9.69 Å². The Balaban J connectivity index is 1.44. The summed E-state index contributed by atoms with van der Waals surface area (Å²) in [4.78, 5) is 51.9. The predicted molar refractivity (Wildman–Crippen MR) is 123 cm³/mol. The molecule has 0 bridgehead atoms. The van der Waals surface area contributed by atoms with E-state index in [9.17, 15) is 19.2 Å². The number of carbonyl (C=O) groups is 4. The summed E-state index contributed by atoms with van der Waals surface area (Å²) in [6.45, 7) is 0.263. The summed E-state index contributed by atoms with van der Waals surface area (Å²) in [6, 6.07) is 11.8. The Morgan fingerprint density at radius 1 is 0.939 bits per heavy atom. The van der Waals surface area contributed by atoms with Crippen molar-refractivity contribution in [3.8, 4) is 0 Å². The molecule has 2 aliphatic rings. The quantitative estimate of drug-likeness (QED) is 0.656. The Bertz CT molecular complexity index is 1100. The lowest BCUT2D eigenvalue weighted by Crippen LogP contribution is -2.45. The zero-order chi connectivity index (χ0) is 23.5. The molecular weight excluding hydrogens is 448 g/mol. The number of urea groups is 1. The molecule has 10 heteroatoms. The summed E-state index contributed by atoms with van der Waals surface area (Å²) < 4.78 is 5.39. The second-order valence-electron chi connectivity index (χ2n) is 7.58. The smallest absolute Gasteiger partial charge is 0.322 e. The summed E-state index contributed by atoms with van der Waals surface area (Å²) in [5.74, 6) is -1.21. The highest BCUT2D eigenvalue weighted by atomic mass is 35.5. The molecule has 2 atom stereocenters.